The Morgan fingerprint density at radius 2 is 1.91 bits per heavy atom. The van der Waals surface area contributed by atoms with Crippen LogP contribution >= 0.6 is 11.6 Å². The van der Waals surface area contributed by atoms with E-state index in [-0.39, 0.29) is 0 Å². The fraction of sp³-hybridized carbons (Fsp3) is 0.133. The van der Waals surface area contributed by atoms with Crippen molar-refractivity contribution < 1.29 is 9.72 Å². The molecule has 2 amide bonds. The summed E-state index contributed by atoms with van der Waals surface area (Å²) < 4.78 is 0. The molecule has 1 aliphatic rings. The minimum Gasteiger partial charge on any atom is -0.318 e. The first kappa shape index (κ1) is 14.3. The second-order valence-corrected chi connectivity index (χ2v) is 5.47. The van der Waals surface area contributed by atoms with Gasteiger partial charge in [0.25, 0.3) is 0 Å². The lowest BCUT2D eigenvalue weighted by Crippen LogP contribution is -2.56. The highest BCUT2D eigenvalue weighted by Gasteiger charge is 2.45. The van der Waals surface area contributed by atoms with Crippen molar-refractivity contribution in [3.8, 4) is 0 Å². The molecule has 0 radical (unpaired) electrons. The van der Waals surface area contributed by atoms with Gasteiger partial charge in [0.1, 0.15) is 0 Å². The van der Waals surface area contributed by atoms with Crippen molar-refractivity contribution in [2.24, 2.45) is 0 Å². The summed E-state index contributed by atoms with van der Waals surface area (Å²) in [4.78, 5) is 22.8. The van der Waals surface area contributed by atoms with Crippen LogP contribution in [0.25, 0.3) is 0 Å². The molecular formula is C15H12ClN3O3. The molecule has 1 unspecified atom stereocenters. The summed E-state index contributed by atoms with van der Waals surface area (Å²) in [6.45, 7) is -0.474. The molecule has 3 rings (SSSR count). The zero-order valence-electron chi connectivity index (χ0n) is 11.4. The second kappa shape index (κ2) is 5.31. The number of anilines is 1. The molecular weight excluding hydrogens is 306 g/mol. The number of urea groups is 1. The van der Waals surface area contributed by atoms with Gasteiger partial charge in [-0.25, -0.2) is 4.79 Å². The van der Waals surface area contributed by atoms with Crippen molar-refractivity contribution in [3.63, 3.8) is 0 Å². The number of halogens is 1. The standard InChI is InChI=1S/C15H12ClN3O3/c16-11-6-7-13-12(8-11)15(9-19(21)22,18-14(20)17-13)10-4-2-1-3-5-10/h1-8H,9H2,(H2,17,18,20). The zero-order valence-corrected chi connectivity index (χ0v) is 12.1. The molecule has 7 heteroatoms. The molecule has 2 aromatic rings. The zero-order chi connectivity index (χ0) is 15.7. The predicted octanol–water partition coefficient (Wildman–Crippen LogP) is 3.00. The van der Waals surface area contributed by atoms with Crippen molar-refractivity contribution in [1.29, 1.82) is 0 Å². The number of carbonyl (C=O) groups excluding carboxylic acids is 1. The molecule has 1 atom stereocenters. The third kappa shape index (κ3) is 2.37. The van der Waals surface area contributed by atoms with Crippen LogP contribution in [0.2, 0.25) is 5.02 Å². The Morgan fingerprint density at radius 1 is 1.18 bits per heavy atom. The number of nitrogens with zero attached hydrogens (tertiary/aromatic N) is 1. The van der Waals surface area contributed by atoms with Gasteiger partial charge < -0.3 is 10.6 Å². The Morgan fingerprint density at radius 3 is 2.59 bits per heavy atom. The number of hydrogen-bond acceptors (Lipinski definition) is 3. The van der Waals surface area contributed by atoms with Gasteiger partial charge in [0.05, 0.1) is 0 Å². The van der Waals surface area contributed by atoms with Gasteiger partial charge in [-0.15, -0.1) is 0 Å². The number of nitro groups is 1. The molecule has 0 bridgehead atoms. The summed E-state index contributed by atoms with van der Waals surface area (Å²) >= 11 is 6.05. The fourth-order valence-corrected chi connectivity index (χ4v) is 2.93. The summed E-state index contributed by atoms with van der Waals surface area (Å²) in [5, 5.41) is 17.1. The fourth-order valence-electron chi connectivity index (χ4n) is 2.75. The average Bonchev–Trinajstić information content (AvgIpc) is 2.48. The SMILES string of the molecule is O=C1Nc2ccc(Cl)cc2C(C[N+](=O)[O-])(c2ccccc2)N1. The van der Waals surface area contributed by atoms with Crippen LogP contribution in [-0.4, -0.2) is 17.5 Å². The van der Waals surface area contributed by atoms with Crippen molar-refractivity contribution in [3.05, 3.63) is 74.8 Å². The topological polar surface area (TPSA) is 84.3 Å². The van der Waals surface area contributed by atoms with Crippen molar-refractivity contribution >= 4 is 23.3 Å². The Balaban J connectivity index is 2.28. The maximum absolute atomic E-state index is 12.0. The highest BCUT2D eigenvalue weighted by Crippen LogP contribution is 2.39. The van der Waals surface area contributed by atoms with Crippen LogP contribution in [0.4, 0.5) is 10.5 Å². The smallest absolute Gasteiger partial charge is 0.318 e. The van der Waals surface area contributed by atoms with E-state index in [2.05, 4.69) is 10.6 Å². The van der Waals surface area contributed by atoms with Crippen LogP contribution in [0.1, 0.15) is 11.1 Å². The molecule has 0 fully saturated rings. The molecule has 0 saturated carbocycles. The Labute approximate surface area is 131 Å². The second-order valence-electron chi connectivity index (χ2n) is 5.03. The minimum absolute atomic E-state index is 0.441. The van der Waals surface area contributed by atoms with E-state index in [0.29, 0.717) is 21.8 Å². The van der Waals surface area contributed by atoms with Crippen LogP contribution in [0.15, 0.2) is 48.5 Å². The van der Waals surface area contributed by atoms with Crippen molar-refractivity contribution in [1.82, 2.24) is 5.32 Å². The molecule has 6 nitrogen and oxygen atoms in total. The average molecular weight is 318 g/mol. The number of carbonyl (C=O) groups is 1. The van der Waals surface area contributed by atoms with Crippen LogP contribution in [0.3, 0.4) is 0 Å². The first-order chi connectivity index (χ1) is 10.5. The van der Waals surface area contributed by atoms with E-state index in [0.717, 1.165) is 0 Å². The number of rotatable bonds is 3. The summed E-state index contributed by atoms with van der Waals surface area (Å²) in [6.07, 6.45) is 0. The van der Waals surface area contributed by atoms with Gasteiger partial charge in [-0.3, -0.25) is 10.1 Å². The van der Waals surface area contributed by atoms with E-state index in [9.17, 15) is 14.9 Å². The van der Waals surface area contributed by atoms with E-state index in [1.807, 2.05) is 6.07 Å². The van der Waals surface area contributed by atoms with E-state index < -0.39 is 23.0 Å². The van der Waals surface area contributed by atoms with Crippen LogP contribution in [0, 0.1) is 10.1 Å². The van der Waals surface area contributed by atoms with Gasteiger partial charge in [0.2, 0.25) is 6.54 Å². The van der Waals surface area contributed by atoms with Crippen molar-refractivity contribution in [2.45, 2.75) is 5.54 Å². The maximum atomic E-state index is 12.0. The summed E-state index contributed by atoms with van der Waals surface area (Å²) in [5.74, 6) is 0. The number of fused-ring (bicyclic) bond motifs is 1. The van der Waals surface area contributed by atoms with Gasteiger partial charge in [-0.05, 0) is 23.8 Å². The minimum atomic E-state index is -1.26. The Bertz CT molecular complexity index is 751. The molecule has 0 saturated heterocycles. The first-order valence-electron chi connectivity index (χ1n) is 6.58. The molecule has 0 aromatic heterocycles. The molecule has 112 valence electrons. The van der Waals surface area contributed by atoms with Gasteiger partial charge in [0.15, 0.2) is 5.54 Å². The predicted molar refractivity (Wildman–Crippen MR) is 82.7 cm³/mol. The van der Waals surface area contributed by atoms with E-state index in [1.165, 1.54) is 0 Å². The summed E-state index contributed by atoms with van der Waals surface area (Å²) in [7, 11) is 0. The van der Waals surface area contributed by atoms with E-state index in [1.54, 1.807) is 42.5 Å². The summed E-state index contributed by atoms with van der Waals surface area (Å²) in [6, 6.07) is 13.3. The highest BCUT2D eigenvalue weighted by molar-refractivity contribution is 6.30. The normalized spacial score (nSPS) is 19.8. The monoisotopic (exact) mass is 317 g/mol. The quantitative estimate of drug-likeness (QED) is 0.674. The molecule has 2 N–H and O–H groups in total. The maximum Gasteiger partial charge on any atom is 0.320 e. The van der Waals surface area contributed by atoms with E-state index >= 15 is 0 Å². The number of nitrogens with one attached hydrogen (secondary N) is 2. The molecule has 0 aliphatic carbocycles. The summed E-state index contributed by atoms with van der Waals surface area (Å²) in [5.41, 5.74) is 0.458. The largest absolute Gasteiger partial charge is 0.320 e. The van der Waals surface area contributed by atoms with Crippen LogP contribution in [0.5, 0.6) is 0 Å². The number of amides is 2. The Kier molecular flexibility index (Phi) is 3.46. The van der Waals surface area contributed by atoms with E-state index in [4.69, 9.17) is 11.6 Å². The van der Waals surface area contributed by atoms with Crippen LogP contribution in [-0.2, 0) is 5.54 Å². The van der Waals surface area contributed by atoms with Gasteiger partial charge in [-0.1, -0.05) is 41.9 Å². The van der Waals surface area contributed by atoms with Crippen LogP contribution < -0.4 is 10.6 Å². The van der Waals surface area contributed by atoms with Gasteiger partial charge >= 0.3 is 6.03 Å². The molecule has 1 heterocycles. The lowest BCUT2D eigenvalue weighted by atomic mass is 9.80. The van der Waals surface area contributed by atoms with Gasteiger partial charge in [-0.2, -0.15) is 0 Å². The molecule has 2 aromatic carbocycles. The molecule has 1 aliphatic heterocycles. The van der Waals surface area contributed by atoms with Gasteiger partial charge in [0, 0.05) is 21.2 Å². The van der Waals surface area contributed by atoms with Crippen molar-refractivity contribution in [2.75, 3.05) is 11.9 Å². The highest BCUT2D eigenvalue weighted by atomic mass is 35.5. The lowest BCUT2D eigenvalue weighted by Gasteiger charge is -2.37. The molecule has 22 heavy (non-hydrogen) atoms. The number of hydrogen-bond donors (Lipinski definition) is 2. The lowest BCUT2D eigenvalue weighted by molar-refractivity contribution is -0.489. The first-order valence-corrected chi connectivity index (χ1v) is 6.95. The number of benzene rings is 2. The third-order valence-electron chi connectivity index (χ3n) is 3.65. The third-order valence-corrected chi connectivity index (χ3v) is 3.88. The Hall–Kier alpha value is -2.60. The molecule has 0 spiro atoms.